The predicted octanol–water partition coefficient (Wildman–Crippen LogP) is 7.38. The van der Waals surface area contributed by atoms with Gasteiger partial charge < -0.3 is 8.83 Å². The minimum absolute atomic E-state index is 0.161. The first-order chi connectivity index (χ1) is 17.5. The van der Waals surface area contributed by atoms with Gasteiger partial charge in [0.1, 0.15) is 11.0 Å². The van der Waals surface area contributed by atoms with Gasteiger partial charge in [-0.25, -0.2) is 18.4 Å². The third-order valence-corrected chi connectivity index (χ3v) is 9.88. The zero-order chi connectivity index (χ0) is 26.2. The lowest BCUT2D eigenvalue weighted by molar-refractivity contribution is 0.336. The largest absolute Gasteiger partial charge is 0.440 e. The SMILES string of the molecule is CCC(C)(CC)c1nc2cc(S(=O)(=O)c3ccc4oc(-c5ccc6c(c5)CC6(C)C)nc4c3)ccc2o1. The van der Waals surface area contributed by atoms with Crippen molar-refractivity contribution in [3.05, 3.63) is 71.6 Å². The highest BCUT2D eigenvalue weighted by atomic mass is 32.2. The summed E-state index contributed by atoms with van der Waals surface area (Å²) in [6, 6.07) is 15.9. The molecule has 0 aliphatic heterocycles. The smallest absolute Gasteiger partial charge is 0.227 e. The molecule has 6 nitrogen and oxygen atoms in total. The lowest BCUT2D eigenvalue weighted by Gasteiger charge is -2.38. The highest BCUT2D eigenvalue weighted by Crippen LogP contribution is 2.42. The van der Waals surface area contributed by atoms with Gasteiger partial charge in [-0.2, -0.15) is 0 Å². The summed E-state index contributed by atoms with van der Waals surface area (Å²) in [6.07, 6.45) is 2.78. The number of hydrogen-bond acceptors (Lipinski definition) is 6. The number of nitrogens with zero attached hydrogens (tertiary/aromatic N) is 2. The Hall–Kier alpha value is -3.45. The standard InChI is InChI=1S/C30H30N2O4S/c1-6-30(5,7-2)28-32-24-16-21(10-13-26(24)36-28)37(33,34)20-9-12-25-23(15-20)31-27(35-25)18-8-11-22-19(14-18)17-29(22,3)4/h8-16H,6-7,17H2,1-5H3. The van der Waals surface area contributed by atoms with E-state index in [-0.39, 0.29) is 20.6 Å². The number of benzene rings is 3. The van der Waals surface area contributed by atoms with Crippen molar-refractivity contribution >= 4 is 32.0 Å². The summed E-state index contributed by atoms with van der Waals surface area (Å²) in [7, 11) is -3.79. The number of rotatable bonds is 6. The molecule has 0 radical (unpaired) electrons. The van der Waals surface area contributed by atoms with Gasteiger partial charge in [-0.1, -0.05) is 40.7 Å². The molecule has 1 aliphatic rings. The van der Waals surface area contributed by atoms with E-state index < -0.39 is 9.84 Å². The van der Waals surface area contributed by atoms with Crippen LogP contribution in [0.15, 0.2) is 73.2 Å². The van der Waals surface area contributed by atoms with Gasteiger partial charge in [0.05, 0.1) is 9.79 Å². The van der Waals surface area contributed by atoms with Gasteiger partial charge in [-0.05, 0) is 84.3 Å². The summed E-state index contributed by atoms with van der Waals surface area (Å²) >= 11 is 0. The number of oxazole rings is 2. The first kappa shape index (κ1) is 23.9. The zero-order valence-electron chi connectivity index (χ0n) is 21.8. The Bertz CT molecular complexity index is 1790. The van der Waals surface area contributed by atoms with Gasteiger partial charge >= 0.3 is 0 Å². The van der Waals surface area contributed by atoms with Crippen molar-refractivity contribution in [2.45, 2.75) is 74.5 Å². The number of hydrogen-bond donors (Lipinski definition) is 0. The van der Waals surface area contributed by atoms with Crippen molar-refractivity contribution in [3.8, 4) is 11.5 Å². The monoisotopic (exact) mass is 514 g/mol. The molecule has 5 aromatic rings. The predicted molar refractivity (Wildman–Crippen MR) is 144 cm³/mol. The maximum atomic E-state index is 13.5. The van der Waals surface area contributed by atoms with Crippen LogP contribution in [-0.2, 0) is 27.1 Å². The third-order valence-electron chi connectivity index (χ3n) is 8.13. The van der Waals surface area contributed by atoms with E-state index in [0.717, 1.165) is 24.8 Å². The average Bonchev–Trinajstić information content (AvgIpc) is 3.51. The molecule has 2 heterocycles. The third kappa shape index (κ3) is 3.71. The Morgan fingerprint density at radius 2 is 1.49 bits per heavy atom. The summed E-state index contributed by atoms with van der Waals surface area (Å²) in [6.45, 7) is 10.8. The van der Waals surface area contributed by atoms with Crippen LogP contribution in [-0.4, -0.2) is 18.4 Å². The van der Waals surface area contributed by atoms with Gasteiger partial charge in [-0.15, -0.1) is 0 Å². The molecule has 6 rings (SSSR count). The van der Waals surface area contributed by atoms with Crippen molar-refractivity contribution < 1.29 is 17.3 Å². The van der Waals surface area contributed by atoms with E-state index in [0.29, 0.717) is 34.0 Å². The van der Waals surface area contributed by atoms with Gasteiger partial charge in [0.2, 0.25) is 21.6 Å². The molecule has 37 heavy (non-hydrogen) atoms. The molecule has 0 saturated heterocycles. The van der Waals surface area contributed by atoms with Gasteiger partial charge in [0.25, 0.3) is 0 Å². The highest BCUT2D eigenvalue weighted by molar-refractivity contribution is 7.91. The maximum absolute atomic E-state index is 13.5. The van der Waals surface area contributed by atoms with Crippen LogP contribution < -0.4 is 0 Å². The Labute approximate surface area is 216 Å². The van der Waals surface area contributed by atoms with E-state index in [4.69, 9.17) is 8.83 Å². The highest BCUT2D eigenvalue weighted by Gasteiger charge is 2.34. The van der Waals surface area contributed by atoms with E-state index in [1.54, 1.807) is 36.4 Å². The van der Waals surface area contributed by atoms with Crippen molar-refractivity contribution in [1.82, 2.24) is 9.97 Å². The molecule has 3 aromatic carbocycles. The van der Waals surface area contributed by atoms with Gasteiger partial charge in [0, 0.05) is 11.0 Å². The van der Waals surface area contributed by atoms with E-state index in [9.17, 15) is 8.42 Å². The normalized spacial score (nSPS) is 15.2. The van der Waals surface area contributed by atoms with Crippen molar-refractivity contribution in [2.24, 2.45) is 0 Å². The molecular formula is C30H30N2O4S. The molecule has 2 aromatic heterocycles. The van der Waals surface area contributed by atoms with Crippen LogP contribution >= 0.6 is 0 Å². The Morgan fingerprint density at radius 1 is 0.865 bits per heavy atom. The van der Waals surface area contributed by atoms with Crippen LogP contribution in [0.3, 0.4) is 0 Å². The average molecular weight is 515 g/mol. The second-order valence-electron chi connectivity index (χ2n) is 11.0. The fourth-order valence-electron chi connectivity index (χ4n) is 5.22. The zero-order valence-corrected chi connectivity index (χ0v) is 22.6. The summed E-state index contributed by atoms with van der Waals surface area (Å²) in [5.41, 5.74) is 5.75. The number of fused-ring (bicyclic) bond motifs is 3. The second kappa shape index (κ2) is 8.02. The second-order valence-corrected chi connectivity index (χ2v) is 13.0. The van der Waals surface area contributed by atoms with Crippen molar-refractivity contribution in [3.63, 3.8) is 0 Å². The fraction of sp³-hybridized carbons (Fsp3) is 0.333. The van der Waals surface area contributed by atoms with E-state index in [2.05, 4.69) is 56.7 Å². The van der Waals surface area contributed by atoms with Crippen LogP contribution in [0.2, 0.25) is 0 Å². The van der Waals surface area contributed by atoms with E-state index in [1.807, 2.05) is 6.07 Å². The summed E-state index contributed by atoms with van der Waals surface area (Å²) < 4.78 is 39.1. The fourth-order valence-corrected chi connectivity index (χ4v) is 6.52. The molecule has 0 fully saturated rings. The Morgan fingerprint density at radius 3 is 2.08 bits per heavy atom. The number of aromatic nitrogens is 2. The van der Waals surface area contributed by atoms with Gasteiger partial charge in [-0.3, -0.25) is 0 Å². The van der Waals surface area contributed by atoms with Crippen molar-refractivity contribution in [2.75, 3.05) is 0 Å². The quantitative estimate of drug-likeness (QED) is 0.235. The molecule has 7 heteroatoms. The van der Waals surface area contributed by atoms with Gasteiger partial charge in [0.15, 0.2) is 11.2 Å². The molecule has 0 amide bonds. The summed E-state index contributed by atoms with van der Waals surface area (Å²) in [4.78, 5) is 9.60. The topological polar surface area (TPSA) is 86.2 Å². The Balaban J connectivity index is 1.35. The minimum Gasteiger partial charge on any atom is -0.440 e. The van der Waals surface area contributed by atoms with Crippen LogP contribution in [0.4, 0.5) is 0 Å². The number of sulfone groups is 1. The lowest BCUT2D eigenvalue weighted by atomic mass is 9.66. The first-order valence-electron chi connectivity index (χ1n) is 12.7. The molecule has 0 unspecified atom stereocenters. The van der Waals surface area contributed by atoms with Crippen LogP contribution in [0.1, 0.15) is 64.5 Å². The Kier molecular flexibility index (Phi) is 5.19. The van der Waals surface area contributed by atoms with Crippen LogP contribution in [0.25, 0.3) is 33.7 Å². The van der Waals surface area contributed by atoms with E-state index >= 15 is 0 Å². The van der Waals surface area contributed by atoms with Crippen molar-refractivity contribution in [1.29, 1.82) is 0 Å². The molecular weight excluding hydrogens is 484 g/mol. The summed E-state index contributed by atoms with van der Waals surface area (Å²) in [5, 5.41) is 0. The molecule has 0 N–H and O–H groups in total. The van der Waals surface area contributed by atoms with E-state index in [1.165, 1.54) is 11.1 Å². The molecule has 0 saturated carbocycles. The van der Waals surface area contributed by atoms with Crippen LogP contribution in [0.5, 0.6) is 0 Å². The molecule has 0 bridgehead atoms. The molecule has 0 spiro atoms. The lowest BCUT2D eigenvalue weighted by Crippen LogP contribution is -2.32. The first-order valence-corrected chi connectivity index (χ1v) is 14.2. The minimum atomic E-state index is -3.79. The molecule has 190 valence electrons. The maximum Gasteiger partial charge on any atom is 0.227 e. The molecule has 1 aliphatic carbocycles. The molecule has 0 atom stereocenters. The summed E-state index contributed by atoms with van der Waals surface area (Å²) in [5.74, 6) is 1.13. The van der Waals surface area contributed by atoms with Crippen LogP contribution in [0, 0.1) is 0 Å².